The van der Waals surface area contributed by atoms with Crippen LogP contribution in [0, 0.1) is 0 Å². The number of para-hydroxylation sites is 1. The molecule has 2 aromatic rings. The number of unbranched alkanes of at least 4 members (excludes halogenated alkanes) is 13. The Hall–Kier alpha value is -0.940. The van der Waals surface area contributed by atoms with Gasteiger partial charge in [0, 0.05) is 0 Å². The molecule has 208 valence electrons. The van der Waals surface area contributed by atoms with E-state index in [2.05, 4.69) is 6.92 Å². The summed E-state index contributed by atoms with van der Waals surface area (Å²) < 4.78 is 75.5. The molecule has 38 heavy (non-hydrogen) atoms. The third kappa shape index (κ3) is 12.9. The van der Waals surface area contributed by atoms with E-state index in [0.717, 1.165) is 25.3 Å². The second kappa shape index (κ2) is 18.4. The minimum Gasteiger partial charge on any atom is -0.744 e. The number of hydrogen-bond donors (Lipinski definition) is 1. The van der Waals surface area contributed by atoms with Crippen LogP contribution < -0.4 is 34.3 Å². The minimum absolute atomic E-state index is 0. The second-order valence-corrected chi connectivity index (χ2v) is 12.3. The van der Waals surface area contributed by atoms with Gasteiger partial charge in [-0.05, 0) is 36.6 Å². The van der Waals surface area contributed by atoms with Crippen LogP contribution in [0.25, 0.3) is 0 Å². The maximum Gasteiger partial charge on any atom is 1.00 e. The fourth-order valence-electron chi connectivity index (χ4n) is 4.47. The van der Waals surface area contributed by atoms with E-state index in [1.807, 2.05) is 0 Å². The predicted octanol–water partition coefficient (Wildman–Crippen LogP) is 4.66. The summed E-state index contributed by atoms with van der Waals surface area (Å²) in [5.74, 6) is -0.516. The third-order valence-corrected chi connectivity index (χ3v) is 8.27. The first-order valence-electron chi connectivity index (χ1n) is 13.5. The standard InChI is InChI=1S/C28H42O7S2.Na/c1-2-3-4-5-6-7-8-9-10-11-12-13-14-16-19-24-22-23-26(36(29,30)31)27(28(24)37(32,33)34)35-25-20-17-15-18-21-25;/h15,17-18,20-23H,2-14,16,19H2,1H3,(H,29,30,31)(H,32,33,34);/q;+1/p-1. The van der Waals surface area contributed by atoms with Gasteiger partial charge in [-0.25, -0.2) is 8.42 Å². The van der Waals surface area contributed by atoms with E-state index in [1.165, 1.54) is 82.4 Å². The van der Waals surface area contributed by atoms with E-state index in [9.17, 15) is 25.9 Å². The molecule has 0 aliphatic rings. The van der Waals surface area contributed by atoms with Gasteiger partial charge >= 0.3 is 29.6 Å². The monoisotopic (exact) mass is 576 g/mol. The summed E-state index contributed by atoms with van der Waals surface area (Å²) in [6.07, 6.45) is 16.9. The molecule has 2 aromatic carbocycles. The van der Waals surface area contributed by atoms with Crippen LogP contribution in [-0.4, -0.2) is 25.9 Å². The number of hydrogen-bond acceptors (Lipinski definition) is 6. The summed E-state index contributed by atoms with van der Waals surface area (Å²) in [6.45, 7) is 2.23. The van der Waals surface area contributed by atoms with Crippen molar-refractivity contribution in [1.29, 1.82) is 0 Å². The van der Waals surface area contributed by atoms with Crippen LogP contribution >= 0.6 is 0 Å². The Bertz CT molecular complexity index is 1150. The SMILES string of the molecule is CCCCCCCCCCCCCCCCc1ccc(S(=O)(=O)[O-])c(Oc2ccccc2)c1S(=O)(=O)O.[Na+]. The van der Waals surface area contributed by atoms with Crippen molar-refractivity contribution in [2.75, 3.05) is 0 Å². The van der Waals surface area contributed by atoms with Gasteiger partial charge in [0.2, 0.25) is 0 Å². The summed E-state index contributed by atoms with van der Waals surface area (Å²) in [5.41, 5.74) is 0.222. The Morgan fingerprint density at radius 1 is 0.711 bits per heavy atom. The summed E-state index contributed by atoms with van der Waals surface area (Å²) in [5, 5.41) is 0. The Kier molecular flexibility index (Phi) is 17.0. The Labute approximate surface area is 251 Å². The molecule has 0 aromatic heterocycles. The molecule has 0 bridgehead atoms. The molecule has 0 spiro atoms. The zero-order valence-electron chi connectivity index (χ0n) is 22.9. The van der Waals surface area contributed by atoms with Crippen molar-refractivity contribution in [3.8, 4) is 11.5 Å². The zero-order chi connectivity index (χ0) is 27.2. The van der Waals surface area contributed by atoms with Crippen molar-refractivity contribution in [3.63, 3.8) is 0 Å². The maximum absolute atomic E-state index is 12.3. The molecular formula is C28H41NaO7S2. The van der Waals surface area contributed by atoms with Gasteiger partial charge in [0.25, 0.3) is 10.1 Å². The Morgan fingerprint density at radius 3 is 1.63 bits per heavy atom. The maximum atomic E-state index is 12.3. The average Bonchev–Trinajstić information content (AvgIpc) is 2.83. The Morgan fingerprint density at radius 2 is 1.18 bits per heavy atom. The van der Waals surface area contributed by atoms with Gasteiger partial charge < -0.3 is 9.29 Å². The van der Waals surface area contributed by atoms with Crippen molar-refractivity contribution in [3.05, 3.63) is 48.0 Å². The van der Waals surface area contributed by atoms with E-state index < -0.39 is 35.8 Å². The van der Waals surface area contributed by atoms with E-state index >= 15 is 0 Å². The van der Waals surface area contributed by atoms with E-state index in [4.69, 9.17) is 4.74 Å². The third-order valence-electron chi connectivity index (χ3n) is 6.45. The van der Waals surface area contributed by atoms with Crippen molar-refractivity contribution in [2.24, 2.45) is 0 Å². The van der Waals surface area contributed by atoms with Gasteiger partial charge in [-0.2, -0.15) is 8.42 Å². The number of benzene rings is 2. The molecule has 0 aliphatic heterocycles. The van der Waals surface area contributed by atoms with Crippen molar-refractivity contribution in [2.45, 2.75) is 113 Å². The first-order chi connectivity index (χ1) is 17.6. The van der Waals surface area contributed by atoms with Crippen LogP contribution in [0.4, 0.5) is 0 Å². The Balaban J connectivity index is 0.00000722. The van der Waals surface area contributed by atoms with Crippen LogP contribution in [-0.2, 0) is 26.7 Å². The van der Waals surface area contributed by atoms with Gasteiger partial charge in [-0.1, -0.05) is 115 Å². The number of ether oxygens (including phenoxy) is 1. The topological polar surface area (TPSA) is 121 Å². The molecule has 0 amide bonds. The normalized spacial score (nSPS) is 11.8. The molecule has 0 atom stereocenters. The average molecular weight is 577 g/mol. The smallest absolute Gasteiger partial charge is 0.744 e. The van der Waals surface area contributed by atoms with Crippen molar-refractivity contribution < 1.29 is 60.2 Å². The van der Waals surface area contributed by atoms with Crippen LogP contribution in [0.1, 0.15) is 102 Å². The van der Waals surface area contributed by atoms with Gasteiger partial charge in [0.15, 0.2) is 5.75 Å². The van der Waals surface area contributed by atoms with Gasteiger partial charge in [-0.3, -0.25) is 4.55 Å². The molecule has 1 N–H and O–H groups in total. The van der Waals surface area contributed by atoms with E-state index in [1.54, 1.807) is 18.2 Å². The fourth-order valence-corrected chi connectivity index (χ4v) is 6.03. The summed E-state index contributed by atoms with van der Waals surface area (Å²) >= 11 is 0. The molecule has 0 heterocycles. The minimum atomic E-state index is -5.05. The fraction of sp³-hybridized carbons (Fsp3) is 0.571. The predicted molar refractivity (Wildman–Crippen MR) is 145 cm³/mol. The number of aryl methyl sites for hydroxylation is 1. The molecule has 0 fully saturated rings. The molecule has 10 heteroatoms. The van der Waals surface area contributed by atoms with Crippen LogP contribution in [0.3, 0.4) is 0 Å². The van der Waals surface area contributed by atoms with Crippen molar-refractivity contribution in [1.82, 2.24) is 0 Å². The van der Waals surface area contributed by atoms with E-state index in [0.29, 0.717) is 12.8 Å². The van der Waals surface area contributed by atoms with E-state index in [-0.39, 0.29) is 40.9 Å². The molecule has 0 saturated carbocycles. The zero-order valence-corrected chi connectivity index (χ0v) is 26.5. The molecule has 0 saturated heterocycles. The second-order valence-electron chi connectivity index (χ2n) is 9.57. The summed E-state index contributed by atoms with van der Waals surface area (Å²) in [4.78, 5) is -1.49. The van der Waals surface area contributed by atoms with Gasteiger partial charge in [0.05, 0.1) is 4.90 Å². The number of rotatable bonds is 19. The van der Waals surface area contributed by atoms with Crippen molar-refractivity contribution >= 4 is 20.2 Å². The molecule has 2 rings (SSSR count). The van der Waals surface area contributed by atoms with Crippen LogP contribution in [0.2, 0.25) is 0 Å². The first-order valence-corrected chi connectivity index (χ1v) is 16.3. The van der Waals surface area contributed by atoms with Gasteiger partial charge in [-0.15, -0.1) is 0 Å². The quantitative estimate of drug-likeness (QED) is 0.147. The summed E-state index contributed by atoms with van der Waals surface area (Å²) in [7, 11) is -9.92. The molecule has 0 aliphatic carbocycles. The summed E-state index contributed by atoms with van der Waals surface area (Å²) in [6, 6.07) is 10.2. The van der Waals surface area contributed by atoms with Gasteiger partial charge in [0.1, 0.15) is 20.8 Å². The molecular weight excluding hydrogens is 535 g/mol. The van der Waals surface area contributed by atoms with Crippen LogP contribution in [0.15, 0.2) is 52.3 Å². The largest absolute Gasteiger partial charge is 1.00 e. The molecule has 0 radical (unpaired) electrons. The molecule has 0 unspecified atom stereocenters. The molecule has 7 nitrogen and oxygen atoms in total. The van der Waals surface area contributed by atoms with Crippen LogP contribution in [0.5, 0.6) is 11.5 Å². The first kappa shape index (κ1) is 35.1.